The molecule has 7 nitrogen and oxygen atoms in total. The average molecular weight is 413 g/mol. The summed E-state index contributed by atoms with van der Waals surface area (Å²) in [5.74, 6) is 0. The fourth-order valence-corrected chi connectivity index (χ4v) is 7.27. The van der Waals surface area contributed by atoms with Crippen molar-refractivity contribution in [3.63, 3.8) is 0 Å². The van der Waals surface area contributed by atoms with E-state index in [-0.39, 0.29) is 16.9 Å². The molecule has 160 valence electrons. The molecule has 1 aromatic rings. The molecule has 0 aromatic carbocycles. The van der Waals surface area contributed by atoms with E-state index in [2.05, 4.69) is 53.1 Å². The van der Waals surface area contributed by atoms with Gasteiger partial charge >= 0.3 is 5.69 Å². The van der Waals surface area contributed by atoms with Crippen molar-refractivity contribution in [1.82, 2.24) is 9.55 Å². The maximum absolute atomic E-state index is 12.1. The molecule has 8 heteroatoms. The van der Waals surface area contributed by atoms with E-state index in [4.69, 9.17) is 9.16 Å². The van der Waals surface area contributed by atoms with E-state index in [0.29, 0.717) is 12.2 Å². The van der Waals surface area contributed by atoms with Crippen LogP contribution in [0.15, 0.2) is 15.8 Å². The van der Waals surface area contributed by atoms with E-state index in [0.717, 1.165) is 6.04 Å². The highest BCUT2D eigenvalue weighted by atomic mass is 28.4. The lowest BCUT2D eigenvalue weighted by atomic mass is 10.0. The van der Waals surface area contributed by atoms with E-state index in [1.54, 1.807) is 6.92 Å². The number of aromatic nitrogens is 2. The summed E-state index contributed by atoms with van der Waals surface area (Å²) in [6.45, 7) is 17.5. The van der Waals surface area contributed by atoms with Crippen molar-refractivity contribution in [3.8, 4) is 0 Å². The predicted molar refractivity (Wildman–Crippen MR) is 112 cm³/mol. The Morgan fingerprint density at radius 3 is 2.43 bits per heavy atom. The zero-order valence-corrected chi connectivity index (χ0v) is 19.5. The van der Waals surface area contributed by atoms with Gasteiger partial charge in [0.2, 0.25) is 0 Å². The lowest BCUT2D eigenvalue weighted by molar-refractivity contribution is -0.0438. The van der Waals surface area contributed by atoms with Crippen LogP contribution >= 0.6 is 0 Å². The molecule has 0 spiro atoms. The number of hydrogen-bond acceptors (Lipinski definition) is 5. The van der Waals surface area contributed by atoms with Crippen molar-refractivity contribution in [3.05, 3.63) is 32.6 Å². The van der Waals surface area contributed by atoms with Crippen LogP contribution in [0.3, 0.4) is 0 Å². The molecule has 1 unspecified atom stereocenters. The van der Waals surface area contributed by atoms with Crippen LogP contribution in [-0.4, -0.2) is 41.8 Å². The van der Waals surface area contributed by atoms with Crippen LogP contribution in [0.5, 0.6) is 0 Å². The highest BCUT2D eigenvalue weighted by molar-refractivity contribution is 6.75. The van der Waals surface area contributed by atoms with E-state index >= 15 is 0 Å². The monoisotopic (exact) mass is 412 g/mol. The molecule has 0 amide bonds. The van der Waals surface area contributed by atoms with E-state index in [9.17, 15) is 14.7 Å². The third-order valence-electron chi connectivity index (χ3n) is 5.68. The van der Waals surface area contributed by atoms with Gasteiger partial charge in [-0.25, -0.2) is 4.79 Å². The normalized spacial score (nSPS) is 25.7. The minimum atomic E-state index is -2.12. The van der Waals surface area contributed by atoms with Gasteiger partial charge in [0.15, 0.2) is 8.32 Å². The van der Waals surface area contributed by atoms with Gasteiger partial charge in [-0.15, -0.1) is 0 Å². The number of aryl methyl sites for hydroxylation is 1. The topological polar surface area (TPSA) is 93.6 Å². The standard InChI is InChI=1S/C20H36N2O5Si/c1-13-10-22(18(25)21-17(13)24)16-9-14(23)15(27-16)11-26-28(8,20(5,6)7)12-19(2,3)4/h10,14-16,23H,9,11-12H2,1-8H3,(H,21,24,25)/t14-,15+,16+,28?/m0/s1. The van der Waals surface area contributed by atoms with Gasteiger partial charge in [0.1, 0.15) is 12.3 Å². The zero-order chi connectivity index (χ0) is 21.5. The first-order valence-corrected chi connectivity index (χ1v) is 12.5. The van der Waals surface area contributed by atoms with Crippen LogP contribution < -0.4 is 11.2 Å². The Labute approximate surface area is 168 Å². The van der Waals surface area contributed by atoms with Crippen LogP contribution in [0, 0.1) is 12.3 Å². The molecule has 0 radical (unpaired) electrons. The van der Waals surface area contributed by atoms with Gasteiger partial charge in [-0.3, -0.25) is 14.3 Å². The number of aliphatic hydroxyl groups excluding tert-OH is 1. The Balaban J connectivity index is 2.14. The summed E-state index contributed by atoms with van der Waals surface area (Å²) >= 11 is 0. The molecular formula is C20H36N2O5Si. The number of aromatic amines is 1. The highest BCUT2D eigenvalue weighted by Crippen LogP contribution is 2.44. The smallest absolute Gasteiger partial charge is 0.330 e. The number of nitrogens with zero attached hydrogens (tertiary/aromatic N) is 1. The number of rotatable bonds is 5. The van der Waals surface area contributed by atoms with Crippen molar-refractivity contribution in [1.29, 1.82) is 0 Å². The molecule has 0 bridgehead atoms. The molecular weight excluding hydrogens is 376 g/mol. The number of ether oxygens (including phenoxy) is 1. The van der Waals surface area contributed by atoms with Gasteiger partial charge in [0.25, 0.3) is 5.56 Å². The number of hydrogen-bond donors (Lipinski definition) is 2. The average Bonchev–Trinajstić information content (AvgIpc) is 2.87. The predicted octanol–water partition coefficient (Wildman–Crippen LogP) is 2.93. The quantitative estimate of drug-likeness (QED) is 0.725. The fraction of sp³-hybridized carbons (Fsp3) is 0.800. The molecule has 1 aliphatic heterocycles. The van der Waals surface area contributed by atoms with Gasteiger partial charge in [-0.1, -0.05) is 41.5 Å². The minimum absolute atomic E-state index is 0.0379. The van der Waals surface area contributed by atoms with Crippen LogP contribution in [-0.2, 0) is 9.16 Å². The minimum Gasteiger partial charge on any atom is -0.414 e. The summed E-state index contributed by atoms with van der Waals surface area (Å²) in [6.07, 6.45) is -0.0749. The van der Waals surface area contributed by atoms with Crippen LogP contribution in [0.2, 0.25) is 17.6 Å². The second-order valence-electron chi connectivity index (χ2n) is 10.4. The Morgan fingerprint density at radius 1 is 1.29 bits per heavy atom. The van der Waals surface area contributed by atoms with Crippen molar-refractivity contribution in [2.75, 3.05) is 6.61 Å². The molecule has 2 heterocycles. The maximum atomic E-state index is 12.1. The van der Waals surface area contributed by atoms with Crippen molar-refractivity contribution >= 4 is 8.32 Å². The lowest BCUT2D eigenvalue weighted by Crippen LogP contribution is -2.49. The van der Waals surface area contributed by atoms with Crippen molar-refractivity contribution in [2.45, 2.75) is 91.0 Å². The van der Waals surface area contributed by atoms with Gasteiger partial charge in [0.05, 0.1) is 12.7 Å². The maximum Gasteiger partial charge on any atom is 0.330 e. The molecule has 1 aromatic heterocycles. The lowest BCUT2D eigenvalue weighted by Gasteiger charge is -2.43. The van der Waals surface area contributed by atoms with Crippen LogP contribution in [0.25, 0.3) is 0 Å². The zero-order valence-electron chi connectivity index (χ0n) is 18.5. The largest absolute Gasteiger partial charge is 0.414 e. The summed E-state index contributed by atoms with van der Waals surface area (Å²) in [6, 6.07) is 0.994. The Hall–Kier alpha value is -1.22. The Kier molecular flexibility index (Phi) is 6.50. The number of aliphatic hydroxyl groups is 1. The van der Waals surface area contributed by atoms with Crippen LogP contribution in [0.4, 0.5) is 0 Å². The molecule has 0 aliphatic carbocycles. The molecule has 28 heavy (non-hydrogen) atoms. The summed E-state index contributed by atoms with van der Waals surface area (Å²) < 4.78 is 13.8. The summed E-state index contributed by atoms with van der Waals surface area (Å²) in [4.78, 5) is 26.0. The summed E-state index contributed by atoms with van der Waals surface area (Å²) in [7, 11) is -2.12. The molecule has 4 atom stereocenters. The summed E-state index contributed by atoms with van der Waals surface area (Å²) in [5.41, 5.74) is -0.368. The first-order chi connectivity index (χ1) is 12.6. The third-order valence-corrected chi connectivity index (χ3v) is 11.4. The second kappa shape index (κ2) is 7.89. The van der Waals surface area contributed by atoms with Gasteiger partial charge in [0, 0.05) is 18.2 Å². The van der Waals surface area contributed by atoms with E-state index in [1.165, 1.54) is 10.8 Å². The summed E-state index contributed by atoms with van der Waals surface area (Å²) in [5, 5.41) is 10.5. The van der Waals surface area contributed by atoms with Crippen LogP contribution in [0.1, 0.15) is 59.8 Å². The fourth-order valence-electron chi connectivity index (χ4n) is 3.65. The SMILES string of the molecule is Cc1cn([C@H]2C[C@H](O)[C@@H](CO[Si](C)(CC(C)(C)C)C(C)(C)C)O2)c(=O)[nH]c1=O. The van der Waals surface area contributed by atoms with Gasteiger partial charge < -0.3 is 14.3 Å². The molecule has 1 fully saturated rings. The van der Waals surface area contributed by atoms with Gasteiger partial charge in [-0.05, 0) is 30.0 Å². The van der Waals surface area contributed by atoms with E-state index in [1.807, 2.05) is 0 Å². The first-order valence-electron chi connectivity index (χ1n) is 9.92. The molecule has 2 N–H and O–H groups in total. The molecule has 1 saturated heterocycles. The second-order valence-corrected chi connectivity index (χ2v) is 15.0. The first kappa shape index (κ1) is 23.1. The Bertz CT molecular complexity index is 805. The molecule has 2 rings (SSSR count). The molecule has 1 aliphatic rings. The van der Waals surface area contributed by atoms with Crippen molar-refractivity contribution < 1.29 is 14.3 Å². The molecule has 0 saturated carbocycles. The van der Waals surface area contributed by atoms with E-state index < -0.39 is 38.0 Å². The van der Waals surface area contributed by atoms with Crippen molar-refractivity contribution in [2.24, 2.45) is 5.41 Å². The third kappa shape index (κ3) is 5.22. The Morgan fingerprint density at radius 2 is 1.89 bits per heavy atom. The number of H-pyrrole nitrogens is 1. The van der Waals surface area contributed by atoms with Gasteiger partial charge in [-0.2, -0.15) is 0 Å². The highest BCUT2D eigenvalue weighted by Gasteiger charge is 2.46. The number of nitrogens with one attached hydrogen (secondary N) is 1.